The molecule has 0 fully saturated rings. The maximum absolute atomic E-state index is 4.48. The smallest absolute Gasteiger partial charge is 0.0667 e. The summed E-state index contributed by atoms with van der Waals surface area (Å²) in [5.74, 6) is 1.57. The van der Waals surface area contributed by atoms with Gasteiger partial charge >= 0.3 is 0 Å². The zero-order valence-electron chi connectivity index (χ0n) is 21.0. The zero-order valence-corrected chi connectivity index (χ0v) is 34.3. The Morgan fingerprint density at radius 3 is 1.05 bits per heavy atom. The van der Waals surface area contributed by atoms with Gasteiger partial charge in [-0.05, 0) is 49.3 Å². The molecule has 4 rings (SSSR count). The van der Waals surface area contributed by atoms with Crippen molar-refractivity contribution >= 4 is 190 Å². The molecule has 0 N–H and O–H groups in total. The van der Waals surface area contributed by atoms with Crippen molar-refractivity contribution in [1.82, 2.24) is 0 Å². The van der Waals surface area contributed by atoms with Crippen LogP contribution in [0, 0.1) is 0 Å². The molecule has 0 amide bonds. The summed E-state index contributed by atoms with van der Waals surface area (Å²) in [6, 6.07) is 0. The van der Waals surface area contributed by atoms with Gasteiger partial charge in [0.2, 0.25) is 0 Å². The van der Waals surface area contributed by atoms with Gasteiger partial charge in [0.25, 0.3) is 0 Å². The maximum Gasteiger partial charge on any atom is 0.0667 e. The van der Waals surface area contributed by atoms with Gasteiger partial charge in [-0.3, -0.25) is 0 Å². The second-order valence-corrected chi connectivity index (χ2v) is 24.3. The predicted octanol–water partition coefficient (Wildman–Crippen LogP) is 13.6. The summed E-state index contributed by atoms with van der Waals surface area (Å²) in [6.45, 7) is 0. The first-order chi connectivity index (χ1) is 19.0. The lowest BCUT2D eigenvalue weighted by atomic mass is 10.6. The van der Waals surface area contributed by atoms with Gasteiger partial charge in [-0.15, -0.1) is 70.6 Å². The molecule has 16 heteroatoms. The minimum Gasteiger partial charge on any atom is -0.174 e. The molecule has 0 bridgehead atoms. The normalized spacial score (nSPS) is 22.3. The largest absolute Gasteiger partial charge is 0.174 e. The highest BCUT2D eigenvalue weighted by atomic mass is 32.3. The van der Waals surface area contributed by atoms with E-state index in [-0.39, 0.29) is 0 Å². The zero-order chi connectivity index (χ0) is 27.8. The Morgan fingerprint density at radius 1 is 0.462 bits per heavy atom. The van der Waals surface area contributed by atoms with Crippen molar-refractivity contribution in [1.29, 1.82) is 0 Å². The topological polar surface area (TPSA) is 0 Å². The number of rotatable bonds is 12. The van der Waals surface area contributed by atoms with Crippen LogP contribution >= 0.6 is 190 Å². The Kier molecular flexibility index (Phi) is 16.9. The van der Waals surface area contributed by atoms with Gasteiger partial charge in [-0.25, -0.2) is 0 Å². The molecule has 0 nitrogen and oxygen atoms in total. The molecule has 0 radical (unpaired) electrons. The van der Waals surface area contributed by atoms with Crippen LogP contribution in [0.15, 0.2) is 76.5 Å². The van der Waals surface area contributed by atoms with Crippen molar-refractivity contribution < 1.29 is 0 Å². The summed E-state index contributed by atoms with van der Waals surface area (Å²) in [4.78, 5) is 2.68. The van der Waals surface area contributed by atoms with Crippen LogP contribution in [0.3, 0.4) is 0 Å². The quantitative estimate of drug-likeness (QED) is 0.142. The molecular weight excluding hydrogens is 789 g/mol. The second kappa shape index (κ2) is 18.6. The summed E-state index contributed by atoms with van der Waals surface area (Å²) in [6.07, 6.45) is 17.9. The third kappa shape index (κ3) is 10.3. The third-order valence-corrected chi connectivity index (χ3v) is 24.0. The predicted molar refractivity (Wildman–Crippen MR) is 223 cm³/mol. The molecule has 0 aliphatic carbocycles. The average Bonchev–Trinajstić information content (AvgIpc) is 3.74. The standard InChI is InChI=1S/C23H24S16/c1-26-18-19(27-2)35-15(34-18)7-8-17-37-21(29-4)23(39-17)31-11-30-22-20(28-3)36-16(38-22)6-5-14-32-12(9-24)13(10-25)33-14/h5-8,24-25H,9-11H2,1-4H3. The van der Waals surface area contributed by atoms with E-state index in [0.717, 1.165) is 16.6 Å². The number of hydrogen-bond acceptors (Lipinski definition) is 16. The van der Waals surface area contributed by atoms with Crippen LogP contribution in [0.1, 0.15) is 0 Å². The van der Waals surface area contributed by atoms with Gasteiger partial charge in [0, 0.05) is 30.6 Å². The van der Waals surface area contributed by atoms with Gasteiger partial charge < -0.3 is 0 Å². The highest BCUT2D eigenvalue weighted by Crippen LogP contribution is 2.61. The summed E-state index contributed by atoms with van der Waals surface area (Å²) >= 11 is 35.5. The Bertz CT molecular complexity index is 1070. The minimum atomic E-state index is 0.787. The van der Waals surface area contributed by atoms with Crippen LogP contribution in [0.4, 0.5) is 0 Å². The molecule has 0 aromatic carbocycles. The first-order valence-electron chi connectivity index (χ1n) is 10.9. The number of thioether (sulfide) groups is 14. The maximum atomic E-state index is 4.48. The average molecular weight is 814 g/mol. The van der Waals surface area contributed by atoms with E-state index in [9.17, 15) is 0 Å². The Labute approximate surface area is 303 Å². The molecule has 0 saturated carbocycles. The molecular formula is C23H24S16. The highest BCUT2D eigenvalue weighted by Gasteiger charge is 2.25. The van der Waals surface area contributed by atoms with E-state index in [1.165, 1.54) is 52.2 Å². The van der Waals surface area contributed by atoms with E-state index in [4.69, 9.17) is 0 Å². The Hall–Kier alpha value is 3.52. The summed E-state index contributed by atoms with van der Waals surface area (Å²) < 4.78 is 14.0. The first kappa shape index (κ1) is 35.4. The molecule has 0 aromatic heterocycles. The molecule has 0 atom stereocenters. The summed E-state index contributed by atoms with van der Waals surface area (Å²) in [7, 11) is 0. The molecule has 0 saturated heterocycles. The minimum absolute atomic E-state index is 0.787. The monoisotopic (exact) mass is 812 g/mol. The van der Waals surface area contributed by atoms with Crippen molar-refractivity contribution in [3.8, 4) is 0 Å². The van der Waals surface area contributed by atoms with Crippen molar-refractivity contribution in [2.45, 2.75) is 0 Å². The molecule has 4 aliphatic rings. The first-order valence-corrected chi connectivity index (χ1v) is 25.5. The second-order valence-electron chi connectivity index (χ2n) is 6.87. The van der Waals surface area contributed by atoms with Gasteiger partial charge in [-0.2, -0.15) is 25.3 Å². The van der Waals surface area contributed by atoms with E-state index in [2.05, 4.69) is 74.6 Å². The number of hydrogen-bond donors (Lipinski definition) is 2. The summed E-state index contributed by atoms with van der Waals surface area (Å²) in [5.41, 5.74) is 0. The van der Waals surface area contributed by atoms with Crippen molar-refractivity contribution in [2.24, 2.45) is 0 Å². The molecule has 0 aromatic rings. The molecule has 0 spiro atoms. The molecule has 4 heterocycles. The fourth-order valence-electron chi connectivity index (χ4n) is 2.84. The lowest BCUT2D eigenvalue weighted by Gasteiger charge is -2.04. The van der Waals surface area contributed by atoms with E-state index >= 15 is 0 Å². The number of allylic oxidation sites excluding steroid dienone is 4. The van der Waals surface area contributed by atoms with E-state index in [0.29, 0.717) is 0 Å². The SMILES string of the molecule is CSC1=C(SC)SC(=CC=C2SC(SC)=C(SCSC3=C(SC)SC(=CC=C4SC(CS)=C(CS)S4)S3)S2)S1. The van der Waals surface area contributed by atoms with Crippen LogP contribution in [-0.4, -0.2) is 41.6 Å². The summed E-state index contributed by atoms with van der Waals surface area (Å²) in [5, 5.41) is 1.03. The van der Waals surface area contributed by atoms with E-state index in [1.807, 2.05) is 165 Å². The van der Waals surface area contributed by atoms with Crippen molar-refractivity contribution in [3.05, 3.63) is 76.5 Å². The van der Waals surface area contributed by atoms with Gasteiger partial charge in [0.1, 0.15) is 0 Å². The van der Waals surface area contributed by atoms with Crippen LogP contribution < -0.4 is 0 Å². The van der Waals surface area contributed by atoms with Crippen molar-refractivity contribution in [3.63, 3.8) is 0 Å². The van der Waals surface area contributed by atoms with E-state index < -0.39 is 0 Å². The Morgan fingerprint density at radius 2 is 0.744 bits per heavy atom. The van der Waals surface area contributed by atoms with Gasteiger partial charge in [-0.1, -0.05) is 94.1 Å². The van der Waals surface area contributed by atoms with Crippen LogP contribution in [0.25, 0.3) is 0 Å². The lowest BCUT2D eigenvalue weighted by molar-refractivity contribution is 1.61. The van der Waals surface area contributed by atoms with Crippen LogP contribution in [-0.2, 0) is 0 Å². The Balaban J connectivity index is 1.29. The van der Waals surface area contributed by atoms with Gasteiger partial charge in [0.05, 0.1) is 38.1 Å². The van der Waals surface area contributed by atoms with Crippen molar-refractivity contribution in [2.75, 3.05) is 41.6 Å². The fraction of sp³-hybridized carbons (Fsp3) is 0.304. The molecule has 4 aliphatic heterocycles. The highest BCUT2D eigenvalue weighted by molar-refractivity contribution is 8.44. The lowest BCUT2D eigenvalue weighted by Crippen LogP contribution is -1.80. The van der Waals surface area contributed by atoms with Gasteiger partial charge in [0.15, 0.2) is 0 Å². The van der Waals surface area contributed by atoms with Crippen LogP contribution in [0.2, 0.25) is 0 Å². The molecule has 0 unspecified atom stereocenters. The fourth-order valence-corrected chi connectivity index (χ4v) is 21.9. The number of thiol groups is 2. The molecule has 39 heavy (non-hydrogen) atoms. The molecule has 212 valence electrons. The van der Waals surface area contributed by atoms with E-state index in [1.54, 1.807) is 0 Å². The van der Waals surface area contributed by atoms with Crippen LogP contribution in [0.5, 0.6) is 0 Å². The third-order valence-electron chi connectivity index (χ3n) is 4.54.